The molecule has 8 nitrogen and oxygen atoms in total. The lowest BCUT2D eigenvalue weighted by Gasteiger charge is -2.21. The molecular weight excluding hydrogens is 414 g/mol. The van der Waals surface area contributed by atoms with Gasteiger partial charge in [0.1, 0.15) is 0 Å². The van der Waals surface area contributed by atoms with Crippen LogP contribution in [0.5, 0.6) is 23.0 Å². The molecule has 4 rings (SSSR count). The van der Waals surface area contributed by atoms with Crippen molar-refractivity contribution in [1.29, 1.82) is 0 Å². The number of methoxy groups -OCH3 is 2. The van der Waals surface area contributed by atoms with Crippen LogP contribution < -0.4 is 24.3 Å². The molecule has 2 aliphatic rings. The molecule has 1 N–H and O–H groups in total. The van der Waals surface area contributed by atoms with E-state index >= 15 is 0 Å². The Morgan fingerprint density at radius 2 is 1.81 bits per heavy atom. The number of carbonyl (C=O) groups is 2. The third-order valence-electron chi connectivity index (χ3n) is 5.34. The van der Waals surface area contributed by atoms with Gasteiger partial charge in [-0.2, -0.15) is 0 Å². The van der Waals surface area contributed by atoms with Crippen molar-refractivity contribution in [1.82, 2.24) is 0 Å². The molecule has 1 heterocycles. The minimum absolute atomic E-state index is 0.202. The summed E-state index contributed by atoms with van der Waals surface area (Å²) in [6, 6.07) is 10.5. The lowest BCUT2D eigenvalue weighted by molar-refractivity contribution is -0.134. The lowest BCUT2D eigenvalue weighted by Crippen LogP contribution is -2.34. The molecule has 0 unspecified atom stereocenters. The maximum absolute atomic E-state index is 12.4. The van der Waals surface area contributed by atoms with Gasteiger partial charge in [0.25, 0.3) is 11.7 Å². The molecule has 2 aromatic carbocycles. The summed E-state index contributed by atoms with van der Waals surface area (Å²) in [5, 5.41) is 2.81. The SMILES string of the molecule is COC(=O)/C=C/c1ccc(OCC(=O)Nc2ccc3c(c2)OC2(CCCC2)O3)c(OC)c1. The molecule has 2 aromatic rings. The van der Waals surface area contributed by atoms with Gasteiger partial charge in [0.05, 0.1) is 14.2 Å². The first-order chi connectivity index (χ1) is 15.5. The van der Waals surface area contributed by atoms with Crippen LogP contribution in [0.25, 0.3) is 6.08 Å². The highest BCUT2D eigenvalue weighted by Gasteiger charge is 2.44. The van der Waals surface area contributed by atoms with Gasteiger partial charge in [-0.1, -0.05) is 6.07 Å². The Hall–Kier alpha value is -3.68. The summed E-state index contributed by atoms with van der Waals surface area (Å²) < 4.78 is 27.5. The Bertz CT molecular complexity index is 1040. The van der Waals surface area contributed by atoms with Crippen molar-refractivity contribution in [2.45, 2.75) is 31.5 Å². The minimum atomic E-state index is -0.539. The fraction of sp³-hybridized carbons (Fsp3) is 0.333. The second-order valence-corrected chi connectivity index (χ2v) is 7.59. The average Bonchev–Trinajstić information content (AvgIpc) is 3.41. The molecule has 8 heteroatoms. The molecule has 168 valence electrons. The van der Waals surface area contributed by atoms with Crippen molar-refractivity contribution in [3.8, 4) is 23.0 Å². The number of hydrogen-bond donors (Lipinski definition) is 1. The largest absolute Gasteiger partial charge is 0.493 e. The third kappa shape index (κ3) is 4.80. The summed E-state index contributed by atoms with van der Waals surface area (Å²) in [5.41, 5.74) is 1.33. The van der Waals surface area contributed by atoms with Crippen molar-refractivity contribution in [2.24, 2.45) is 0 Å². The highest BCUT2D eigenvalue weighted by atomic mass is 16.7. The molecule has 1 aliphatic carbocycles. The number of esters is 1. The number of benzene rings is 2. The zero-order chi connectivity index (χ0) is 22.6. The van der Waals surface area contributed by atoms with Crippen molar-refractivity contribution in [2.75, 3.05) is 26.1 Å². The number of anilines is 1. The monoisotopic (exact) mass is 439 g/mol. The molecular formula is C24H25NO7. The van der Waals surface area contributed by atoms with Crippen LogP contribution in [-0.2, 0) is 14.3 Å². The number of ether oxygens (including phenoxy) is 5. The summed E-state index contributed by atoms with van der Waals surface area (Å²) in [5.74, 6) is 0.874. The van der Waals surface area contributed by atoms with Gasteiger partial charge in [0, 0.05) is 30.7 Å². The lowest BCUT2D eigenvalue weighted by atomic mass is 10.2. The highest BCUT2D eigenvalue weighted by Crippen LogP contribution is 2.47. The fourth-order valence-corrected chi connectivity index (χ4v) is 3.77. The molecule has 0 bridgehead atoms. The van der Waals surface area contributed by atoms with Crippen molar-refractivity contribution < 1.29 is 33.3 Å². The maximum Gasteiger partial charge on any atom is 0.330 e. The Kier molecular flexibility index (Phi) is 6.20. The van der Waals surface area contributed by atoms with Gasteiger partial charge in [-0.3, -0.25) is 4.79 Å². The van der Waals surface area contributed by atoms with Crippen LogP contribution in [0.2, 0.25) is 0 Å². The van der Waals surface area contributed by atoms with Gasteiger partial charge in [-0.05, 0) is 48.7 Å². The molecule has 1 fully saturated rings. The van der Waals surface area contributed by atoms with Crippen LogP contribution in [0.1, 0.15) is 31.2 Å². The summed E-state index contributed by atoms with van der Waals surface area (Å²) in [6.07, 6.45) is 6.82. The van der Waals surface area contributed by atoms with Crippen molar-refractivity contribution >= 4 is 23.6 Å². The molecule has 1 spiro atoms. The molecule has 0 radical (unpaired) electrons. The van der Waals surface area contributed by atoms with Crippen molar-refractivity contribution in [3.05, 3.63) is 48.0 Å². The van der Waals surface area contributed by atoms with E-state index in [0.717, 1.165) is 31.2 Å². The van der Waals surface area contributed by atoms with Crippen LogP contribution in [0.3, 0.4) is 0 Å². The summed E-state index contributed by atoms with van der Waals surface area (Å²) in [4.78, 5) is 23.6. The van der Waals surface area contributed by atoms with E-state index in [9.17, 15) is 9.59 Å². The van der Waals surface area contributed by atoms with E-state index in [2.05, 4.69) is 10.1 Å². The third-order valence-corrected chi connectivity index (χ3v) is 5.34. The van der Waals surface area contributed by atoms with Crippen LogP contribution in [0, 0.1) is 0 Å². The van der Waals surface area contributed by atoms with E-state index < -0.39 is 11.8 Å². The summed E-state index contributed by atoms with van der Waals surface area (Å²) >= 11 is 0. The van der Waals surface area contributed by atoms with Gasteiger partial charge in [-0.25, -0.2) is 4.79 Å². The summed E-state index contributed by atoms with van der Waals surface area (Å²) in [7, 11) is 2.81. The smallest absolute Gasteiger partial charge is 0.330 e. The first-order valence-corrected chi connectivity index (χ1v) is 10.4. The molecule has 0 aromatic heterocycles. The number of nitrogens with one attached hydrogen (secondary N) is 1. The number of carbonyl (C=O) groups excluding carboxylic acids is 2. The second kappa shape index (κ2) is 9.21. The van der Waals surface area contributed by atoms with Crippen molar-refractivity contribution in [3.63, 3.8) is 0 Å². The van der Waals surface area contributed by atoms with Crippen LogP contribution >= 0.6 is 0 Å². The molecule has 0 saturated heterocycles. The Morgan fingerprint density at radius 1 is 1.03 bits per heavy atom. The standard InChI is InChI=1S/C24H25NO7/c1-28-20-13-16(6-10-23(27)29-2)5-8-18(20)30-15-22(26)25-17-7-9-19-21(14-17)32-24(31-19)11-3-4-12-24/h5-10,13-14H,3-4,11-12,15H2,1-2H3,(H,25,26)/b10-6+. The molecule has 1 saturated carbocycles. The topological polar surface area (TPSA) is 92.3 Å². The van der Waals surface area contributed by atoms with Crippen LogP contribution in [-0.4, -0.2) is 38.5 Å². The van der Waals surface area contributed by atoms with Gasteiger partial charge in [0.15, 0.2) is 29.6 Å². The first-order valence-electron chi connectivity index (χ1n) is 10.4. The zero-order valence-corrected chi connectivity index (χ0v) is 18.0. The molecule has 0 atom stereocenters. The zero-order valence-electron chi connectivity index (χ0n) is 18.0. The number of rotatable bonds is 7. The molecule has 1 aliphatic heterocycles. The number of hydrogen-bond acceptors (Lipinski definition) is 7. The predicted molar refractivity (Wildman–Crippen MR) is 117 cm³/mol. The Morgan fingerprint density at radius 3 is 2.56 bits per heavy atom. The highest BCUT2D eigenvalue weighted by molar-refractivity contribution is 5.92. The first kappa shape index (κ1) is 21.5. The minimum Gasteiger partial charge on any atom is -0.493 e. The Balaban J connectivity index is 1.34. The van der Waals surface area contributed by atoms with Crippen LogP contribution in [0.4, 0.5) is 5.69 Å². The maximum atomic E-state index is 12.4. The van der Waals surface area contributed by atoms with Gasteiger partial charge in [0.2, 0.25) is 0 Å². The predicted octanol–water partition coefficient (Wildman–Crippen LogP) is 3.94. The van der Waals surface area contributed by atoms with E-state index in [1.165, 1.54) is 20.3 Å². The van der Waals surface area contributed by atoms with Gasteiger partial charge in [-0.15, -0.1) is 0 Å². The summed E-state index contributed by atoms with van der Waals surface area (Å²) in [6.45, 7) is -0.202. The van der Waals surface area contributed by atoms with E-state index in [1.807, 2.05) is 6.07 Å². The van der Waals surface area contributed by atoms with Gasteiger partial charge < -0.3 is 29.0 Å². The normalized spacial score (nSPS) is 15.7. The van der Waals surface area contributed by atoms with E-state index in [-0.39, 0.29) is 12.5 Å². The van der Waals surface area contributed by atoms with Gasteiger partial charge >= 0.3 is 5.97 Å². The quantitative estimate of drug-likeness (QED) is 0.516. The van der Waals surface area contributed by atoms with E-state index in [0.29, 0.717) is 28.7 Å². The van der Waals surface area contributed by atoms with E-state index in [4.69, 9.17) is 18.9 Å². The average molecular weight is 439 g/mol. The number of fused-ring (bicyclic) bond motifs is 1. The second-order valence-electron chi connectivity index (χ2n) is 7.59. The molecule has 32 heavy (non-hydrogen) atoms. The van der Waals surface area contributed by atoms with Crippen LogP contribution in [0.15, 0.2) is 42.5 Å². The number of amides is 1. The van der Waals surface area contributed by atoms with E-state index in [1.54, 1.807) is 36.4 Å². The molecule has 1 amide bonds. The fourth-order valence-electron chi connectivity index (χ4n) is 3.77. The Labute approximate surface area is 186 Å².